The van der Waals surface area contributed by atoms with Gasteiger partial charge in [0.1, 0.15) is 5.75 Å². The molecular weight excluding hydrogens is 250 g/mol. The van der Waals surface area contributed by atoms with Crippen LogP contribution in [-0.4, -0.2) is 36.3 Å². The van der Waals surface area contributed by atoms with E-state index in [2.05, 4.69) is 35.2 Å². The fourth-order valence-electron chi connectivity index (χ4n) is 2.60. The summed E-state index contributed by atoms with van der Waals surface area (Å²) >= 11 is 0. The van der Waals surface area contributed by atoms with Gasteiger partial charge in [0, 0.05) is 25.2 Å². The highest BCUT2D eigenvalue weighted by Crippen LogP contribution is 2.28. The van der Waals surface area contributed by atoms with Crippen LogP contribution in [0, 0.1) is 0 Å². The Morgan fingerprint density at radius 3 is 2.50 bits per heavy atom. The van der Waals surface area contributed by atoms with Gasteiger partial charge in [-0.25, -0.2) is 0 Å². The lowest BCUT2D eigenvalue weighted by Crippen LogP contribution is -2.49. The molecule has 0 saturated carbocycles. The summed E-state index contributed by atoms with van der Waals surface area (Å²) < 4.78 is 5.51. The first-order chi connectivity index (χ1) is 9.76. The number of rotatable bonds is 4. The zero-order chi connectivity index (χ0) is 13.9. The molecule has 1 aliphatic heterocycles. The monoisotopic (exact) mass is 269 g/mol. The molecule has 0 atom stereocenters. The second-order valence-corrected chi connectivity index (χ2v) is 5.24. The first kappa shape index (κ1) is 13.2. The van der Waals surface area contributed by atoms with Crippen LogP contribution in [-0.2, 0) is 6.54 Å². The molecule has 1 fully saturated rings. The van der Waals surface area contributed by atoms with E-state index in [0.717, 1.165) is 30.9 Å². The maximum absolute atomic E-state index is 9.34. The number of methoxy groups -OCH3 is 1. The number of aliphatic hydroxyl groups excluding tert-OH is 1. The lowest BCUT2D eigenvalue weighted by atomic mass is 10.0. The summed E-state index contributed by atoms with van der Waals surface area (Å²) in [7, 11) is 1.71. The van der Waals surface area contributed by atoms with Crippen molar-refractivity contribution in [1.82, 2.24) is 4.90 Å². The van der Waals surface area contributed by atoms with Crippen molar-refractivity contribution >= 4 is 0 Å². The van der Waals surface area contributed by atoms with Crippen molar-refractivity contribution in [3.8, 4) is 16.9 Å². The Bertz CT molecular complexity index is 577. The molecule has 0 amide bonds. The Kier molecular flexibility index (Phi) is 3.72. The minimum Gasteiger partial charge on any atom is -0.496 e. The third kappa shape index (κ3) is 2.69. The Hall–Kier alpha value is -1.84. The maximum atomic E-state index is 9.34. The van der Waals surface area contributed by atoms with Gasteiger partial charge in [0.25, 0.3) is 0 Å². The molecule has 0 aromatic heterocycles. The SMILES string of the molecule is COc1cc(-c2ccccc2)ccc1CN1CC(O)C1. The zero-order valence-corrected chi connectivity index (χ0v) is 11.6. The molecular formula is C17H19NO2. The molecule has 1 N–H and O–H groups in total. The predicted octanol–water partition coefficient (Wildman–Crippen LogP) is 2.54. The summed E-state index contributed by atoms with van der Waals surface area (Å²) in [4.78, 5) is 2.21. The van der Waals surface area contributed by atoms with Gasteiger partial charge in [0.2, 0.25) is 0 Å². The van der Waals surface area contributed by atoms with Crippen molar-refractivity contribution < 1.29 is 9.84 Å². The molecule has 3 rings (SSSR count). The number of hydrogen-bond donors (Lipinski definition) is 1. The zero-order valence-electron chi connectivity index (χ0n) is 11.6. The topological polar surface area (TPSA) is 32.7 Å². The number of likely N-dealkylation sites (tertiary alicyclic amines) is 1. The van der Waals surface area contributed by atoms with Crippen molar-refractivity contribution in [3.05, 3.63) is 54.1 Å². The summed E-state index contributed by atoms with van der Waals surface area (Å²) in [5.74, 6) is 0.910. The van der Waals surface area contributed by atoms with E-state index in [4.69, 9.17) is 4.74 Å². The van der Waals surface area contributed by atoms with Crippen LogP contribution in [0.15, 0.2) is 48.5 Å². The number of β-amino-alcohol motifs (C(OH)–C–C–N with tert-alkyl or cyclic N) is 1. The van der Waals surface area contributed by atoms with E-state index < -0.39 is 0 Å². The van der Waals surface area contributed by atoms with Crippen LogP contribution in [0.25, 0.3) is 11.1 Å². The van der Waals surface area contributed by atoms with E-state index in [1.165, 1.54) is 11.1 Å². The summed E-state index contributed by atoms with van der Waals surface area (Å²) in [5, 5.41) is 9.34. The second kappa shape index (κ2) is 5.65. The van der Waals surface area contributed by atoms with Crippen LogP contribution in [0.2, 0.25) is 0 Å². The summed E-state index contributed by atoms with van der Waals surface area (Å²) in [6, 6.07) is 16.6. The highest BCUT2D eigenvalue weighted by Gasteiger charge is 2.24. The number of nitrogens with zero attached hydrogens (tertiary/aromatic N) is 1. The largest absolute Gasteiger partial charge is 0.496 e. The number of hydrogen-bond acceptors (Lipinski definition) is 3. The minimum atomic E-state index is -0.162. The van der Waals surface area contributed by atoms with Gasteiger partial charge in [-0.15, -0.1) is 0 Å². The minimum absolute atomic E-state index is 0.162. The average Bonchev–Trinajstić information content (AvgIpc) is 2.47. The van der Waals surface area contributed by atoms with Crippen molar-refractivity contribution in [2.24, 2.45) is 0 Å². The summed E-state index contributed by atoms with van der Waals surface area (Å²) in [5.41, 5.74) is 3.52. The lowest BCUT2D eigenvalue weighted by Gasteiger charge is -2.36. The van der Waals surface area contributed by atoms with Gasteiger partial charge in [-0.05, 0) is 17.2 Å². The molecule has 0 radical (unpaired) electrons. The van der Waals surface area contributed by atoms with E-state index in [-0.39, 0.29) is 6.10 Å². The third-order valence-corrected chi connectivity index (χ3v) is 3.73. The first-order valence-corrected chi connectivity index (χ1v) is 6.89. The Morgan fingerprint density at radius 2 is 1.85 bits per heavy atom. The van der Waals surface area contributed by atoms with E-state index in [0.29, 0.717) is 0 Å². The molecule has 0 spiro atoms. The molecule has 3 nitrogen and oxygen atoms in total. The molecule has 0 aliphatic carbocycles. The Morgan fingerprint density at radius 1 is 1.10 bits per heavy atom. The molecule has 2 aromatic rings. The number of benzene rings is 2. The molecule has 3 heteroatoms. The van der Waals surface area contributed by atoms with Crippen molar-refractivity contribution in [3.63, 3.8) is 0 Å². The highest BCUT2D eigenvalue weighted by atomic mass is 16.5. The van der Waals surface area contributed by atoms with E-state index in [9.17, 15) is 5.11 Å². The molecule has 1 saturated heterocycles. The number of aliphatic hydroxyl groups is 1. The van der Waals surface area contributed by atoms with Crippen molar-refractivity contribution in [1.29, 1.82) is 0 Å². The quantitative estimate of drug-likeness (QED) is 0.926. The first-order valence-electron chi connectivity index (χ1n) is 6.89. The van der Waals surface area contributed by atoms with E-state index in [1.54, 1.807) is 7.11 Å². The van der Waals surface area contributed by atoms with Gasteiger partial charge in [-0.3, -0.25) is 4.90 Å². The summed E-state index contributed by atoms with van der Waals surface area (Å²) in [6.07, 6.45) is -0.162. The van der Waals surface area contributed by atoms with Gasteiger partial charge in [0.15, 0.2) is 0 Å². The highest BCUT2D eigenvalue weighted by molar-refractivity contribution is 5.66. The van der Waals surface area contributed by atoms with Crippen LogP contribution >= 0.6 is 0 Å². The molecule has 1 aliphatic rings. The Labute approximate surface area is 119 Å². The van der Waals surface area contributed by atoms with Gasteiger partial charge >= 0.3 is 0 Å². The standard InChI is InChI=1S/C17H19NO2/c1-20-17-9-14(13-5-3-2-4-6-13)7-8-15(17)10-18-11-16(19)12-18/h2-9,16,19H,10-12H2,1H3. The van der Waals surface area contributed by atoms with Gasteiger partial charge in [-0.2, -0.15) is 0 Å². The molecule has 20 heavy (non-hydrogen) atoms. The lowest BCUT2D eigenvalue weighted by molar-refractivity contribution is -0.00321. The van der Waals surface area contributed by atoms with Crippen molar-refractivity contribution in [2.45, 2.75) is 12.6 Å². The van der Waals surface area contributed by atoms with Crippen LogP contribution in [0.3, 0.4) is 0 Å². The smallest absolute Gasteiger partial charge is 0.123 e. The molecule has 1 heterocycles. The summed E-state index contributed by atoms with van der Waals surface area (Å²) in [6.45, 7) is 2.34. The molecule has 0 unspecified atom stereocenters. The van der Waals surface area contributed by atoms with Crippen LogP contribution in [0.1, 0.15) is 5.56 Å². The van der Waals surface area contributed by atoms with Crippen LogP contribution in [0.5, 0.6) is 5.75 Å². The number of ether oxygens (including phenoxy) is 1. The molecule has 0 bridgehead atoms. The van der Waals surface area contributed by atoms with E-state index >= 15 is 0 Å². The normalized spacial score (nSPS) is 15.9. The van der Waals surface area contributed by atoms with Crippen LogP contribution < -0.4 is 4.74 Å². The van der Waals surface area contributed by atoms with Gasteiger partial charge in [-0.1, -0.05) is 42.5 Å². The van der Waals surface area contributed by atoms with E-state index in [1.807, 2.05) is 18.2 Å². The second-order valence-electron chi connectivity index (χ2n) is 5.24. The fourth-order valence-corrected chi connectivity index (χ4v) is 2.60. The van der Waals surface area contributed by atoms with Gasteiger partial charge < -0.3 is 9.84 Å². The Balaban J connectivity index is 1.82. The third-order valence-electron chi connectivity index (χ3n) is 3.73. The fraction of sp³-hybridized carbons (Fsp3) is 0.294. The molecule has 2 aromatic carbocycles. The maximum Gasteiger partial charge on any atom is 0.123 e. The van der Waals surface area contributed by atoms with Crippen molar-refractivity contribution in [2.75, 3.05) is 20.2 Å². The average molecular weight is 269 g/mol. The molecule has 104 valence electrons. The van der Waals surface area contributed by atoms with Gasteiger partial charge in [0.05, 0.1) is 13.2 Å². The van der Waals surface area contributed by atoms with Crippen LogP contribution in [0.4, 0.5) is 0 Å². The predicted molar refractivity (Wildman–Crippen MR) is 79.7 cm³/mol.